The summed E-state index contributed by atoms with van der Waals surface area (Å²) >= 11 is 6.18. The minimum atomic E-state index is -1.11. The third kappa shape index (κ3) is 4.99. The number of nitrogens with one attached hydrogen (secondary N) is 1. The first-order valence-electron chi connectivity index (χ1n) is 8.79. The predicted octanol–water partition coefficient (Wildman–Crippen LogP) is 2.89. The Morgan fingerprint density at radius 2 is 2.07 bits per heavy atom. The van der Waals surface area contributed by atoms with Gasteiger partial charge in [-0.2, -0.15) is 0 Å². The molecule has 148 valence electrons. The fourth-order valence-corrected chi connectivity index (χ4v) is 3.39. The lowest BCUT2D eigenvalue weighted by Gasteiger charge is -2.24. The van der Waals surface area contributed by atoms with Crippen LogP contribution >= 0.6 is 11.6 Å². The lowest BCUT2D eigenvalue weighted by Crippen LogP contribution is -2.40. The highest BCUT2D eigenvalue weighted by atomic mass is 35.5. The summed E-state index contributed by atoms with van der Waals surface area (Å²) in [5.41, 5.74) is -0.397. The SMILES string of the molecule is COCC1(C(=O)O)CCN(C(=O)c2cc(NC(=O)CC(C)C)ccc2Cl)C1. The number of aliphatic carboxylic acids is 1. The quantitative estimate of drug-likeness (QED) is 0.738. The topological polar surface area (TPSA) is 95.9 Å². The summed E-state index contributed by atoms with van der Waals surface area (Å²) < 4.78 is 5.05. The van der Waals surface area contributed by atoms with Crippen LogP contribution in [0.2, 0.25) is 5.02 Å². The van der Waals surface area contributed by atoms with Crippen molar-refractivity contribution < 1.29 is 24.2 Å². The van der Waals surface area contributed by atoms with Gasteiger partial charge in [-0.05, 0) is 30.5 Å². The first kappa shape index (κ1) is 21.2. The molecule has 7 nitrogen and oxygen atoms in total. The first-order chi connectivity index (χ1) is 12.7. The van der Waals surface area contributed by atoms with Crippen molar-refractivity contribution in [1.82, 2.24) is 4.90 Å². The number of nitrogens with zero attached hydrogens (tertiary/aromatic N) is 1. The lowest BCUT2D eigenvalue weighted by atomic mass is 9.88. The summed E-state index contributed by atoms with van der Waals surface area (Å²) in [5.74, 6) is -1.27. The monoisotopic (exact) mass is 396 g/mol. The Morgan fingerprint density at radius 3 is 2.67 bits per heavy atom. The van der Waals surface area contributed by atoms with E-state index < -0.39 is 11.4 Å². The minimum absolute atomic E-state index is 0.0329. The molecule has 1 heterocycles. The maximum Gasteiger partial charge on any atom is 0.313 e. The van der Waals surface area contributed by atoms with Crippen LogP contribution < -0.4 is 5.32 Å². The van der Waals surface area contributed by atoms with E-state index in [4.69, 9.17) is 16.3 Å². The highest BCUT2D eigenvalue weighted by Gasteiger charge is 2.46. The van der Waals surface area contributed by atoms with Gasteiger partial charge in [0.2, 0.25) is 5.91 Å². The Morgan fingerprint density at radius 1 is 1.37 bits per heavy atom. The molecule has 1 saturated heterocycles. The zero-order valence-corrected chi connectivity index (χ0v) is 16.5. The number of hydrogen-bond donors (Lipinski definition) is 2. The number of halogens is 1. The van der Waals surface area contributed by atoms with E-state index in [0.717, 1.165) is 0 Å². The largest absolute Gasteiger partial charge is 0.481 e. The number of anilines is 1. The zero-order chi connectivity index (χ0) is 20.2. The van der Waals surface area contributed by atoms with E-state index in [1.165, 1.54) is 18.1 Å². The Balaban J connectivity index is 2.18. The highest BCUT2D eigenvalue weighted by Crippen LogP contribution is 2.33. The fourth-order valence-electron chi connectivity index (χ4n) is 3.20. The first-order valence-corrected chi connectivity index (χ1v) is 9.17. The number of methoxy groups -OCH3 is 1. The molecule has 0 spiro atoms. The molecule has 1 aliphatic heterocycles. The Labute approximate surface area is 163 Å². The standard InChI is InChI=1S/C19H25ClN2O5/c1-12(2)8-16(23)21-13-4-5-15(20)14(9-13)17(24)22-7-6-19(10-22,11-27-3)18(25)26/h4-5,9,12H,6-8,10-11H2,1-3H3,(H,21,23)(H,25,26). The van der Waals surface area contributed by atoms with Gasteiger partial charge in [-0.1, -0.05) is 25.4 Å². The Bertz CT molecular complexity index is 737. The van der Waals surface area contributed by atoms with Gasteiger partial charge in [0.1, 0.15) is 5.41 Å². The molecule has 0 saturated carbocycles. The Kier molecular flexibility index (Phi) is 6.84. The molecule has 27 heavy (non-hydrogen) atoms. The average Bonchev–Trinajstić information content (AvgIpc) is 3.01. The summed E-state index contributed by atoms with van der Waals surface area (Å²) in [5, 5.41) is 12.6. The smallest absolute Gasteiger partial charge is 0.313 e. The van der Waals surface area contributed by atoms with Crippen LogP contribution in [0.15, 0.2) is 18.2 Å². The van der Waals surface area contributed by atoms with Crippen LogP contribution in [0.5, 0.6) is 0 Å². The number of carboxylic acid groups (broad SMARTS) is 1. The van der Waals surface area contributed by atoms with Crippen molar-refractivity contribution in [1.29, 1.82) is 0 Å². The normalized spacial score (nSPS) is 19.4. The second kappa shape index (κ2) is 8.71. The van der Waals surface area contributed by atoms with E-state index >= 15 is 0 Å². The highest BCUT2D eigenvalue weighted by molar-refractivity contribution is 6.34. The summed E-state index contributed by atoms with van der Waals surface area (Å²) in [4.78, 5) is 38.0. The van der Waals surface area contributed by atoms with Gasteiger partial charge >= 0.3 is 5.97 Å². The molecule has 2 N–H and O–H groups in total. The van der Waals surface area contributed by atoms with Crippen LogP contribution in [-0.4, -0.2) is 54.6 Å². The number of likely N-dealkylation sites (tertiary alicyclic amines) is 1. The van der Waals surface area contributed by atoms with Crippen LogP contribution in [0.1, 0.15) is 37.0 Å². The van der Waals surface area contributed by atoms with Crippen LogP contribution in [0, 0.1) is 11.3 Å². The molecule has 0 bridgehead atoms. The van der Waals surface area contributed by atoms with Gasteiger partial charge in [0.25, 0.3) is 5.91 Å². The molecule has 1 fully saturated rings. The maximum absolute atomic E-state index is 12.9. The second-order valence-corrected chi connectivity index (χ2v) is 7.74. The molecule has 1 aromatic carbocycles. The van der Waals surface area contributed by atoms with Crippen molar-refractivity contribution >= 4 is 35.1 Å². The number of amides is 2. The summed E-state index contributed by atoms with van der Waals surface area (Å²) in [6, 6.07) is 4.71. The van der Waals surface area contributed by atoms with Gasteiger partial charge in [0, 0.05) is 32.3 Å². The molecule has 1 unspecified atom stereocenters. The molecule has 1 aromatic rings. The van der Waals surface area contributed by atoms with Crippen molar-refractivity contribution in [3.8, 4) is 0 Å². The third-order valence-electron chi connectivity index (χ3n) is 4.59. The molecule has 1 atom stereocenters. The van der Waals surface area contributed by atoms with Gasteiger partial charge in [-0.3, -0.25) is 14.4 Å². The number of hydrogen-bond acceptors (Lipinski definition) is 4. The predicted molar refractivity (Wildman–Crippen MR) is 102 cm³/mol. The maximum atomic E-state index is 12.9. The molecule has 0 aromatic heterocycles. The van der Waals surface area contributed by atoms with E-state index in [-0.39, 0.29) is 41.5 Å². The van der Waals surface area contributed by atoms with Gasteiger partial charge < -0.3 is 20.1 Å². The lowest BCUT2D eigenvalue weighted by molar-refractivity contribution is -0.151. The van der Waals surface area contributed by atoms with Crippen molar-refractivity contribution in [2.45, 2.75) is 26.7 Å². The number of ether oxygens (including phenoxy) is 1. The molecule has 0 aliphatic carbocycles. The number of carbonyl (C=O) groups is 3. The van der Waals surface area contributed by atoms with E-state index in [2.05, 4.69) is 5.32 Å². The Hall–Kier alpha value is -2.12. The average molecular weight is 397 g/mol. The van der Waals surface area contributed by atoms with Crippen molar-refractivity contribution in [3.63, 3.8) is 0 Å². The molecule has 8 heteroatoms. The third-order valence-corrected chi connectivity index (χ3v) is 4.92. The van der Waals surface area contributed by atoms with Crippen LogP contribution in [0.3, 0.4) is 0 Å². The number of carbonyl (C=O) groups excluding carboxylic acids is 2. The summed E-state index contributed by atoms with van der Waals surface area (Å²) in [6.07, 6.45) is 0.681. The van der Waals surface area contributed by atoms with Gasteiger partial charge in [0.15, 0.2) is 0 Å². The van der Waals surface area contributed by atoms with Crippen molar-refractivity contribution in [3.05, 3.63) is 28.8 Å². The van der Waals surface area contributed by atoms with Crippen LogP contribution in [-0.2, 0) is 14.3 Å². The second-order valence-electron chi connectivity index (χ2n) is 7.34. The molecule has 0 radical (unpaired) electrons. The molecule has 2 amide bonds. The van der Waals surface area contributed by atoms with Crippen LogP contribution in [0.25, 0.3) is 0 Å². The van der Waals surface area contributed by atoms with E-state index in [1.807, 2.05) is 13.8 Å². The molecule has 1 aliphatic rings. The van der Waals surface area contributed by atoms with E-state index in [9.17, 15) is 19.5 Å². The van der Waals surface area contributed by atoms with Gasteiger partial charge in [-0.25, -0.2) is 0 Å². The number of rotatable bonds is 7. The summed E-state index contributed by atoms with van der Waals surface area (Å²) in [6.45, 7) is 4.27. The van der Waals surface area contributed by atoms with Crippen LogP contribution in [0.4, 0.5) is 5.69 Å². The molecular weight excluding hydrogens is 372 g/mol. The van der Waals surface area contributed by atoms with E-state index in [0.29, 0.717) is 25.1 Å². The van der Waals surface area contributed by atoms with Crippen molar-refractivity contribution in [2.75, 3.05) is 32.1 Å². The summed E-state index contributed by atoms with van der Waals surface area (Å²) in [7, 11) is 1.44. The van der Waals surface area contributed by atoms with Gasteiger partial charge in [-0.15, -0.1) is 0 Å². The molecular formula is C19H25ClN2O5. The van der Waals surface area contributed by atoms with Gasteiger partial charge in [0.05, 0.1) is 17.2 Å². The molecule has 2 rings (SSSR count). The number of benzene rings is 1. The minimum Gasteiger partial charge on any atom is -0.481 e. The van der Waals surface area contributed by atoms with Crippen molar-refractivity contribution in [2.24, 2.45) is 11.3 Å². The zero-order valence-electron chi connectivity index (χ0n) is 15.8. The van der Waals surface area contributed by atoms with E-state index in [1.54, 1.807) is 12.1 Å². The fraction of sp³-hybridized carbons (Fsp3) is 0.526. The number of carboxylic acids is 1.